The molecule has 7 nitrogen and oxygen atoms in total. The molecule has 0 amide bonds. The van der Waals surface area contributed by atoms with Crippen LogP contribution in [0.15, 0.2) is 70.2 Å². The van der Waals surface area contributed by atoms with Crippen LogP contribution >= 0.6 is 11.3 Å². The van der Waals surface area contributed by atoms with E-state index in [9.17, 15) is 4.79 Å². The lowest BCUT2D eigenvalue weighted by Crippen LogP contribution is -2.20. The molecule has 8 heteroatoms. The zero-order chi connectivity index (χ0) is 21.4. The summed E-state index contributed by atoms with van der Waals surface area (Å²) in [6.07, 6.45) is 1.52. The van der Waals surface area contributed by atoms with Gasteiger partial charge in [-0.25, -0.2) is 4.98 Å². The van der Waals surface area contributed by atoms with Gasteiger partial charge in [0, 0.05) is 10.4 Å². The van der Waals surface area contributed by atoms with Gasteiger partial charge in [-0.2, -0.15) is 4.98 Å². The Morgan fingerprint density at radius 3 is 2.55 bits per heavy atom. The smallest absolute Gasteiger partial charge is 0.271 e. The highest BCUT2D eigenvalue weighted by Gasteiger charge is 2.14. The van der Waals surface area contributed by atoms with Gasteiger partial charge in [-0.05, 0) is 42.8 Å². The maximum atomic E-state index is 13.0. The van der Waals surface area contributed by atoms with E-state index >= 15 is 0 Å². The Bertz CT molecular complexity index is 1420. The van der Waals surface area contributed by atoms with Crippen LogP contribution in [0.3, 0.4) is 0 Å². The predicted octanol–water partition coefficient (Wildman–Crippen LogP) is 4.54. The molecular weight excluding hydrogens is 412 g/mol. The Hall–Kier alpha value is -3.78. The molecule has 154 valence electrons. The van der Waals surface area contributed by atoms with Crippen LogP contribution in [0, 0.1) is 6.92 Å². The number of methoxy groups -OCH3 is 1. The van der Waals surface area contributed by atoms with E-state index in [0.29, 0.717) is 21.9 Å². The molecule has 0 radical (unpaired) electrons. The van der Waals surface area contributed by atoms with Crippen LogP contribution in [0.5, 0.6) is 5.75 Å². The fourth-order valence-electron chi connectivity index (χ4n) is 3.24. The van der Waals surface area contributed by atoms with Crippen LogP contribution in [0.1, 0.15) is 11.5 Å². The first-order valence-corrected chi connectivity index (χ1v) is 10.5. The van der Waals surface area contributed by atoms with Gasteiger partial charge in [0.15, 0.2) is 0 Å². The summed E-state index contributed by atoms with van der Waals surface area (Å²) in [4.78, 5) is 22.9. The van der Waals surface area contributed by atoms with Crippen molar-refractivity contribution < 1.29 is 9.26 Å². The standard InChI is InChI=1S/C23H18N4O3S/c1-14-3-5-16(6-4-14)22-25-20(30-26-22)12-27-13-24-18-11-19(31-21(18)23(27)28)15-7-9-17(29-2)10-8-15/h3-11,13H,12H2,1-2H3. The van der Waals surface area contributed by atoms with E-state index in [0.717, 1.165) is 27.3 Å². The molecule has 0 spiro atoms. The molecule has 0 fully saturated rings. The number of aromatic nitrogens is 4. The van der Waals surface area contributed by atoms with E-state index in [2.05, 4.69) is 15.1 Å². The minimum absolute atomic E-state index is 0.134. The zero-order valence-electron chi connectivity index (χ0n) is 16.9. The summed E-state index contributed by atoms with van der Waals surface area (Å²) in [6.45, 7) is 2.18. The number of rotatable bonds is 5. The van der Waals surface area contributed by atoms with E-state index < -0.39 is 0 Å². The fraction of sp³-hybridized carbons (Fsp3) is 0.130. The molecule has 3 heterocycles. The molecule has 0 aliphatic heterocycles. The Kier molecular flexibility index (Phi) is 4.83. The van der Waals surface area contributed by atoms with Gasteiger partial charge in [-0.15, -0.1) is 11.3 Å². The molecule has 0 bridgehead atoms. The summed E-state index contributed by atoms with van der Waals surface area (Å²) in [5.74, 6) is 1.63. The lowest BCUT2D eigenvalue weighted by Gasteiger charge is -2.00. The molecular formula is C23H18N4O3S. The Morgan fingerprint density at radius 2 is 1.81 bits per heavy atom. The topological polar surface area (TPSA) is 83.0 Å². The normalized spacial score (nSPS) is 11.2. The maximum absolute atomic E-state index is 13.0. The molecule has 31 heavy (non-hydrogen) atoms. The molecule has 0 saturated carbocycles. The SMILES string of the molecule is COc1ccc(-c2cc3ncn(Cc4nc(-c5ccc(C)cc5)no4)c(=O)c3s2)cc1. The zero-order valence-corrected chi connectivity index (χ0v) is 17.7. The summed E-state index contributed by atoms with van der Waals surface area (Å²) in [5.41, 5.74) is 3.56. The van der Waals surface area contributed by atoms with E-state index in [1.165, 1.54) is 22.2 Å². The van der Waals surface area contributed by atoms with Crippen molar-refractivity contribution in [2.45, 2.75) is 13.5 Å². The molecule has 5 aromatic rings. The number of thiophene rings is 1. The minimum atomic E-state index is -0.134. The van der Waals surface area contributed by atoms with Gasteiger partial charge < -0.3 is 9.26 Å². The van der Waals surface area contributed by atoms with E-state index in [1.807, 2.05) is 61.5 Å². The quantitative estimate of drug-likeness (QED) is 0.407. The molecule has 0 N–H and O–H groups in total. The van der Waals surface area contributed by atoms with E-state index in [4.69, 9.17) is 9.26 Å². The van der Waals surface area contributed by atoms with Crippen LogP contribution < -0.4 is 10.3 Å². The highest BCUT2D eigenvalue weighted by Crippen LogP contribution is 2.31. The third kappa shape index (κ3) is 3.73. The average Bonchev–Trinajstić information content (AvgIpc) is 3.44. The number of benzene rings is 2. The molecule has 2 aromatic carbocycles. The lowest BCUT2D eigenvalue weighted by atomic mass is 10.1. The van der Waals surface area contributed by atoms with Gasteiger partial charge in [0.2, 0.25) is 11.7 Å². The maximum Gasteiger partial charge on any atom is 0.271 e. The molecule has 0 aliphatic rings. The van der Waals surface area contributed by atoms with E-state index in [-0.39, 0.29) is 12.1 Å². The van der Waals surface area contributed by atoms with Crippen molar-refractivity contribution in [2.75, 3.05) is 7.11 Å². The molecule has 5 rings (SSSR count). The summed E-state index contributed by atoms with van der Waals surface area (Å²) in [6, 6.07) is 17.5. The Labute approximate surface area is 181 Å². The average molecular weight is 430 g/mol. The summed E-state index contributed by atoms with van der Waals surface area (Å²) in [5, 5.41) is 4.03. The molecule has 0 saturated heterocycles. The molecule has 0 atom stereocenters. The minimum Gasteiger partial charge on any atom is -0.497 e. The highest BCUT2D eigenvalue weighted by atomic mass is 32.1. The Balaban J connectivity index is 1.43. The predicted molar refractivity (Wildman–Crippen MR) is 119 cm³/mol. The first kappa shape index (κ1) is 19.2. The lowest BCUT2D eigenvalue weighted by molar-refractivity contribution is 0.369. The first-order chi connectivity index (χ1) is 15.1. The van der Waals surface area contributed by atoms with Gasteiger partial charge in [-0.3, -0.25) is 9.36 Å². The number of ether oxygens (including phenoxy) is 1. The van der Waals surface area contributed by atoms with Crippen LogP contribution in [0.4, 0.5) is 0 Å². The van der Waals surface area contributed by atoms with Crippen molar-refractivity contribution >= 4 is 21.6 Å². The fourth-order valence-corrected chi connectivity index (χ4v) is 4.31. The number of aryl methyl sites for hydroxylation is 1. The second-order valence-corrected chi connectivity index (χ2v) is 8.16. The second kappa shape index (κ2) is 7.81. The van der Waals surface area contributed by atoms with Crippen molar-refractivity contribution in [1.29, 1.82) is 0 Å². The largest absolute Gasteiger partial charge is 0.497 e. The number of hydrogen-bond donors (Lipinski definition) is 0. The van der Waals surface area contributed by atoms with Gasteiger partial charge >= 0.3 is 0 Å². The highest BCUT2D eigenvalue weighted by molar-refractivity contribution is 7.22. The van der Waals surface area contributed by atoms with Crippen LogP contribution in [0.25, 0.3) is 32.0 Å². The number of hydrogen-bond acceptors (Lipinski definition) is 7. The number of nitrogens with zero attached hydrogens (tertiary/aromatic N) is 4. The van der Waals surface area contributed by atoms with Crippen LogP contribution in [0.2, 0.25) is 0 Å². The van der Waals surface area contributed by atoms with Crippen molar-refractivity contribution in [2.24, 2.45) is 0 Å². The monoisotopic (exact) mass is 430 g/mol. The van der Waals surface area contributed by atoms with Crippen molar-refractivity contribution in [1.82, 2.24) is 19.7 Å². The summed E-state index contributed by atoms with van der Waals surface area (Å²) < 4.78 is 12.6. The van der Waals surface area contributed by atoms with Crippen molar-refractivity contribution in [3.8, 4) is 27.6 Å². The summed E-state index contributed by atoms with van der Waals surface area (Å²) >= 11 is 1.42. The molecule has 0 aliphatic carbocycles. The third-order valence-corrected chi connectivity index (χ3v) is 6.12. The third-order valence-electron chi connectivity index (χ3n) is 4.96. The second-order valence-electron chi connectivity index (χ2n) is 7.11. The van der Waals surface area contributed by atoms with Crippen LogP contribution in [-0.2, 0) is 6.54 Å². The van der Waals surface area contributed by atoms with Gasteiger partial charge in [0.25, 0.3) is 5.56 Å². The number of fused-ring (bicyclic) bond motifs is 1. The molecule has 0 unspecified atom stereocenters. The van der Waals surface area contributed by atoms with Gasteiger partial charge in [0.1, 0.15) is 17.0 Å². The van der Waals surface area contributed by atoms with Crippen molar-refractivity contribution in [3.05, 3.63) is 82.7 Å². The Morgan fingerprint density at radius 1 is 1.06 bits per heavy atom. The van der Waals surface area contributed by atoms with Crippen LogP contribution in [-0.4, -0.2) is 26.8 Å². The summed E-state index contributed by atoms with van der Waals surface area (Å²) in [7, 11) is 1.63. The van der Waals surface area contributed by atoms with E-state index in [1.54, 1.807) is 7.11 Å². The first-order valence-electron chi connectivity index (χ1n) is 9.64. The molecule has 3 aromatic heterocycles. The van der Waals surface area contributed by atoms with Gasteiger partial charge in [0.05, 0.1) is 19.0 Å². The van der Waals surface area contributed by atoms with Crippen molar-refractivity contribution in [3.63, 3.8) is 0 Å². The van der Waals surface area contributed by atoms with Gasteiger partial charge in [-0.1, -0.05) is 35.0 Å².